The normalized spacial score (nSPS) is 19.1. The predicted octanol–water partition coefficient (Wildman–Crippen LogP) is 1.52. The molecule has 4 nitrogen and oxygen atoms in total. The van der Waals surface area contributed by atoms with Crippen LogP contribution in [0.5, 0.6) is 0 Å². The molecule has 1 aliphatic rings. The SMILES string of the molecule is Cn1ccnc(NC2(C)CCCC2)c1=O. The van der Waals surface area contributed by atoms with Crippen LogP contribution >= 0.6 is 0 Å². The number of rotatable bonds is 2. The second-order valence-corrected chi connectivity index (χ2v) is 4.58. The molecule has 1 saturated carbocycles. The number of anilines is 1. The molecule has 4 heteroatoms. The van der Waals surface area contributed by atoms with Gasteiger partial charge in [0.1, 0.15) is 0 Å². The first-order valence-electron chi connectivity index (χ1n) is 5.41. The smallest absolute Gasteiger partial charge is 0.293 e. The lowest BCUT2D eigenvalue weighted by atomic mass is 10.0. The van der Waals surface area contributed by atoms with Gasteiger partial charge in [0.05, 0.1) is 0 Å². The summed E-state index contributed by atoms with van der Waals surface area (Å²) < 4.78 is 1.55. The molecular formula is C11H17N3O. The molecule has 0 atom stereocenters. The molecule has 15 heavy (non-hydrogen) atoms. The van der Waals surface area contributed by atoms with E-state index >= 15 is 0 Å². The lowest BCUT2D eigenvalue weighted by Gasteiger charge is -2.25. The van der Waals surface area contributed by atoms with Crippen molar-refractivity contribution in [3.05, 3.63) is 22.7 Å². The van der Waals surface area contributed by atoms with Gasteiger partial charge in [-0.2, -0.15) is 0 Å². The van der Waals surface area contributed by atoms with Crippen LogP contribution in [0.4, 0.5) is 5.82 Å². The van der Waals surface area contributed by atoms with Gasteiger partial charge in [-0.3, -0.25) is 4.79 Å². The van der Waals surface area contributed by atoms with Gasteiger partial charge < -0.3 is 9.88 Å². The Balaban J connectivity index is 2.24. The molecule has 1 fully saturated rings. The Morgan fingerprint density at radius 1 is 1.47 bits per heavy atom. The fourth-order valence-electron chi connectivity index (χ4n) is 2.15. The quantitative estimate of drug-likeness (QED) is 0.800. The molecular weight excluding hydrogens is 190 g/mol. The van der Waals surface area contributed by atoms with Gasteiger partial charge in [0.2, 0.25) is 0 Å². The molecule has 1 heterocycles. The fourth-order valence-corrected chi connectivity index (χ4v) is 2.15. The van der Waals surface area contributed by atoms with Crippen LogP contribution in [-0.2, 0) is 7.05 Å². The standard InChI is InChI=1S/C11H17N3O/c1-11(5-3-4-6-11)13-9-10(15)14(2)8-7-12-9/h7-8H,3-6H2,1-2H3,(H,12,13). The molecule has 0 unspecified atom stereocenters. The van der Waals surface area contributed by atoms with Gasteiger partial charge in [-0.1, -0.05) is 12.8 Å². The van der Waals surface area contributed by atoms with Crippen molar-refractivity contribution in [2.24, 2.45) is 7.05 Å². The third-order valence-corrected chi connectivity index (χ3v) is 3.14. The Kier molecular flexibility index (Phi) is 2.50. The maximum absolute atomic E-state index is 11.7. The van der Waals surface area contributed by atoms with E-state index < -0.39 is 0 Å². The van der Waals surface area contributed by atoms with E-state index in [0.29, 0.717) is 5.82 Å². The summed E-state index contributed by atoms with van der Waals surface area (Å²) in [6.45, 7) is 2.16. The number of aryl methyl sites for hydroxylation is 1. The minimum atomic E-state index is -0.0503. The van der Waals surface area contributed by atoms with Gasteiger partial charge >= 0.3 is 0 Å². The highest BCUT2D eigenvalue weighted by Gasteiger charge is 2.29. The Hall–Kier alpha value is -1.32. The van der Waals surface area contributed by atoms with Crippen LogP contribution in [0.3, 0.4) is 0 Å². The molecule has 0 radical (unpaired) electrons. The van der Waals surface area contributed by atoms with Crippen molar-refractivity contribution in [2.75, 3.05) is 5.32 Å². The number of hydrogen-bond acceptors (Lipinski definition) is 3. The summed E-state index contributed by atoms with van der Waals surface area (Å²) in [5, 5.41) is 3.28. The Morgan fingerprint density at radius 3 is 2.80 bits per heavy atom. The van der Waals surface area contributed by atoms with E-state index in [0.717, 1.165) is 12.8 Å². The average Bonchev–Trinajstić information content (AvgIpc) is 2.60. The average molecular weight is 207 g/mol. The van der Waals surface area contributed by atoms with Crippen molar-refractivity contribution in [1.29, 1.82) is 0 Å². The highest BCUT2D eigenvalue weighted by molar-refractivity contribution is 5.35. The van der Waals surface area contributed by atoms with Gasteiger partial charge in [0.25, 0.3) is 5.56 Å². The minimum Gasteiger partial charge on any atom is -0.360 e. The van der Waals surface area contributed by atoms with Crippen LogP contribution in [0.25, 0.3) is 0 Å². The molecule has 1 aliphatic carbocycles. The zero-order chi connectivity index (χ0) is 10.9. The summed E-state index contributed by atoms with van der Waals surface area (Å²) in [6, 6.07) is 0. The molecule has 1 N–H and O–H groups in total. The van der Waals surface area contributed by atoms with Crippen LogP contribution in [-0.4, -0.2) is 15.1 Å². The summed E-state index contributed by atoms with van der Waals surface area (Å²) in [5.74, 6) is 0.476. The molecule has 0 spiro atoms. The Morgan fingerprint density at radius 2 is 2.13 bits per heavy atom. The lowest BCUT2D eigenvalue weighted by Crippen LogP contribution is -2.35. The van der Waals surface area contributed by atoms with Crippen molar-refractivity contribution >= 4 is 5.82 Å². The zero-order valence-electron chi connectivity index (χ0n) is 9.29. The molecule has 0 saturated heterocycles. The molecule has 0 aliphatic heterocycles. The zero-order valence-corrected chi connectivity index (χ0v) is 9.29. The van der Waals surface area contributed by atoms with Crippen molar-refractivity contribution in [1.82, 2.24) is 9.55 Å². The molecule has 1 aromatic heterocycles. The summed E-state index contributed by atoms with van der Waals surface area (Å²) >= 11 is 0. The first-order valence-corrected chi connectivity index (χ1v) is 5.41. The van der Waals surface area contributed by atoms with Crippen molar-refractivity contribution < 1.29 is 0 Å². The second kappa shape index (κ2) is 3.68. The van der Waals surface area contributed by atoms with Crippen molar-refractivity contribution in [3.63, 3.8) is 0 Å². The highest BCUT2D eigenvalue weighted by atomic mass is 16.1. The Labute approximate surface area is 89.3 Å². The van der Waals surface area contributed by atoms with E-state index in [4.69, 9.17) is 0 Å². The number of nitrogens with zero attached hydrogens (tertiary/aromatic N) is 2. The van der Waals surface area contributed by atoms with Crippen LogP contribution in [0.15, 0.2) is 17.2 Å². The first-order chi connectivity index (χ1) is 7.11. The van der Waals surface area contributed by atoms with Crippen molar-refractivity contribution in [3.8, 4) is 0 Å². The summed E-state index contributed by atoms with van der Waals surface area (Å²) in [6.07, 6.45) is 8.03. The summed E-state index contributed by atoms with van der Waals surface area (Å²) in [4.78, 5) is 15.8. The minimum absolute atomic E-state index is 0.0503. The van der Waals surface area contributed by atoms with E-state index in [9.17, 15) is 4.79 Å². The van der Waals surface area contributed by atoms with Gasteiger partial charge in [0, 0.05) is 25.0 Å². The van der Waals surface area contributed by atoms with Crippen LogP contribution < -0.4 is 10.9 Å². The highest BCUT2D eigenvalue weighted by Crippen LogP contribution is 2.31. The van der Waals surface area contributed by atoms with Crippen LogP contribution in [0, 0.1) is 0 Å². The second-order valence-electron chi connectivity index (χ2n) is 4.58. The van der Waals surface area contributed by atoms with Gasteiger partial charge in [-0.15, -0.1) is 0 Å². The third kappa shape index (κ3) is 2.03. The van der Waals surface area contributed by atoms with Gasteiger partial charge in [-0.05, 0) is 19.8 Å². The van der Waals surface area contributed by atoms with Crippen LogP contribution in [0.1, 0.15) is 32.6 Å². The van der Waals surface area contributed by atoms with Crippen molar-refractivity contribution in [2.45, 2.75) is 38.1 Å². The van der Waals surface area contributed by atoms with E-state index in [1.165, 1.54) is 12.8 Å². The predicted molar refractivity (Wildman–Crippen MR) is 60.0 cm³/mol. The fraction of sp³-hybridized carbons (Fsp3) is 0.636. The molecule has 2 rings (SSSR count). The maximum Gasteiger partial charge on any atom is 0.293 e. The molecule has 0 amide bonds. The molecule has 0 bridgehead atoms. The summed E-state index contributed by atoms with van der Waals surface area (Å²) in [7, 11) is 1.74. The molecule has 0 aromatic carbocycles. The van der Waals surface area contributed by atoms with Crippen LogP contribution in [0.2, 0.25) is 0 Å². The third-order valence-electron chi connectivity index (χ3n) is 3.14. The molecule has 82 valence electrons. The van der Waals surface area contributed by atoms with E-state index in [1.807, 2.05) is 0 Å². The van der Waals surface area contributed by atoms with E-state index in [-0.39, 0.29) is 11.1 Å². The number of aromatic nitrogens is 2. The van der Waals surface area contributed by atoms with Gasteiger partial charge in [-0.25, -0.2) is 4.98 Å². The first kappa shape index (κ1) is 10.2. The summed E-state index contributed by atoms with van der Waals surface area (Å²) in [5.41, 5.74) is 0.00572. The maximum atomic E-state index is 11.7. The monoisotopic (exact) mass is 207 g/mol. The largest absolute Gasteiger partial charge is 0.360 e. The van der Waals surface area contributed by atoms with E-state index in [2.05, 4.69) is 17.2 Å². The topological polar surface area (TPSA) is 46.9 Å². The number of hydrogen-bond donors (Lipinski definition) is 1. The molecule has 1 aromatic rings. The van der Waals surface area contributed by atoms with Gasteiger partial charge in [0.15, 0.2) is 5.82 Å². The number of nitrogens with one attached hydrogen (secondary N) is 1. The Bertz CT molecular complexity index is 405. The van der Waals surface area contributed by atoms with E-state index in [1.54, 1.807) is 24.0 Å². The lowest BCUT2D eigenvalue weighted by molar-refractivity contribution is 0.529.